The molecule has 0 aromatic heterocycles. The Morgan fingerprint density at radius 1 is 0.567 bits per heavy atom. The largest absolute Gasteiger partial charge is 0.489 e. The SMILES string of the molecule is c1ccc(COc2ccc3ccccc3c2CNc2cccc3ccccc23)cc1. The Balaban J connectivity index is 1.48. The lowest BCUT2D eigenvalue weighted by atomic mass is 10.0. The molecule has 0 saturated heterocycles. The molecule has 1 N–H and O–H groups in total. The van der Waals surface area contributed by atoms with Crippen LogP contribution in [-0.4, -0.2) is 0 Å². The summed E-state index contributed by atoms with van der Waals surface area (Å²) in [7, 11) is 0. The van der Waals surface area contributed by atoms with Crippen LogP contribution in [0.1, 0.15) is 11.1 Å². The number of anilines is 1. The number of hydrogen-bond donors (Lipinski definition) is 1. The Kier molecular flexibility index (Phi) is 5.05. The van der Waals surface area contributed by atoms with Gasteiger partial charge in [-0.1, -0.05) is 97.1 Å². The third-order valence-electron chi connectivity index (χ3n) is 5.48. The van der Waals surface area contributed by atoms with Crippen LogP contribution in [0.5, 0.6) is 5.75 Å². The molecule has 0 aliphatic rings. The normalized spacial score (nSPS) is 10.9. The van der Waals surface area contributed by atoms with Crippen LogP contribution in [0, 0.1) is 0 Å². The number of fused-ring (bicyclic) bond motifs is 2. The van der Waals surface area contributed by atoms with Crippen LogP contribution in [0.15, 0.2) is 109 Å². The van der Waals surface area contributed by atoms with Crippen LogP contribution in [0.25, 0.3) is 21.5 Å². The predicted molar refractivity (Wildman–Crippen MR) is 126 cm³/mol. The number of ether oxygens (including phenoxy) is 1. The Morgan fingerprint density at radius 2 is 1.23 bits per heavy atom. The summed E-state index contributed by atoms with van der Waals surface area (Å²) in [6, 6.07) is 37.9. The minimum Gasteiger partial charge on any atom is -0.489 e. The van der Waals surface area contributed by atoms with E-state index in [0.29, 0.717) is 13.2 Å². The maximum absolute atomic E-state index is 6.27. The van der Waals surface area contributed by atoms with Crippen LogP contribution in [0.2, 0.25) is 0 Å². The van der Waals surface area contributed by atoms with Gasteiger partial charge in [-0.15, -0.1) is 0 Å². The Bertz CT molecular complexity index is 1290. The van der Waals surface area contributed by atoms with Crippen LogP contribution in [0.3, 0.4) is 0 Å². The molecule has 0 spiro atoms. The van der Waals surface area contributed by atoms with Gasteiger partial charge in [0.15, 0.2) is 0 Å². The van der Waals surface area contributed by atoms with Crippen LogP contribution in [0.4, 0.5) is 5.69 Å². The van der Waals surface area contributed by atoms with Gasteiger partial charge in [0.2, 0.25) is 0 Å². The summed E-state index contributed by atoms with van der Waals surface area (Å²) in [4.78, 5) is 0. The smallest absolute Gasteiger partial charge is 0.125 e. The number of rotatable bonds is 6. The van der Waals surface area contributed by atoms with Gasteiger partial charge in [-0.2, -0.15) is 0 Å². The molecule has 0 heterocycles. The highest BCUT2D eigenvalue weighted by atomic mass is 16.5. The molecule has 146 valence electrons. The van der Waals surface area contributed by atoms with E-state index in [1.807, 2.05) is 18.2 Å². The van der Waals surface area contributed by atoms with Gasteiger partial charge in [0.05, 0.1) is 0 Å². The molecule has 0 bridgehead atoms. The highest BCUT2D eigenvalue weighted by Gasteiger charge is 2.10. The monoisotopic (exact) mass is 389 g/mol. The lowest BCUT2D eigenvalue weighted by molar-refractivity contribution is 0.304. The number of hydrogen-bond acceptors (Lipinski definition) is 2. The summed E-state index contributed by atoms with van der Waals surface area (Å²) in [6.45, 7) is 1.25. The van der Waals surface area contributed by atoms with Crippen molar-refractivity contribution in [1.82, 2.24) is 0 Å². The average Bonchev–Trinajstić information content (AvgIpc) is 2.82. The van der Waals surface area contributed by atoms with Crippen molar-refractivity contribution in [2.24, 2.45) is 0 Å². The van der Waals surface area contributed by atoms with Gasteiger partial charge in [0, 0.05) is 23.2 Å². The molecule has 30 heavy (non-hydrogen) atoms. The fourth-order valence-corrected chi connectivity index (χ4v) is 3.93. The van der Waals surface area contributed by atoms with Crippen LogP contribution >= 0.6 is 0 Å². The lowest BCUT2D eigenvalue weighted by Crippen LogP contribution is -2.05. The van der Waals surface area contributed by atoms with E-state index in [-0.39, 0.29) is 0 Å². The first-order valence-corrected chi connectivity index (χ1v) is 10.3. The Morgan fingerprint density at radius 3 is 2.07 bits per heavy atom. The molecule has 0 unspecified atom stereocenters. The molecule has 0 saturated carbocycles. The first kappa shape index (κ1) is 18.3. The summed E-state index contributed by atoms with van der Waals surface area (Å²) < 4.78 is 6.27. The molecule has 2 heteroatoms. The van der Waals surface area contributed by atoms with Crippen molar-refractivity contribution in [2.75, 3.05) is 5.32 Å². The van der Waals surface area contributed by atoms with Crippen molar-refractivity contribution in [3.63, 3.8) is 0 Å². The highest BCUT2D eigenvalue weighted by Crippen LogP contribution is 2.31. The lowest BCUT2D eigenvalue weighted by Gasteiger charge is -2.16. The van der Waals surface area contributed by atoms with Crippen molar-refractivity contribution >= 4 is 27.2 Å². The van der Waals surface area contributed by atoms with Gasteiger partial charge in [-0.25, -0.2) is 0 Å². The zero-order valence-electron chi connectivity index (χ0n) is 16.7. The van der Waals surface area contributed by atoms with Gasteiger partial charge in [0.25, 0.3) is 0 Å². The molecule has 0 aliphatic heterocycles. The summed E-state index contributed by atoms with van der Waals surface area (Å²) in [5.41, 5.74) is 3.48. The third kappa shape index (κ3) is 3.72. The molecule has 0 radical (unpaired) electrons. The van der Waals surface area contributed by atoms with Crippen molar-refractivity contribution in [2.45, 2.75) is 13.2 Å². The van der Waals surface area contributed by atoms with Gasteiger partial charge in [-0.05, 0) is 33.9 Å². The van der Waals surface area contributed by atoms with Crippen molar-refractivity contribution in [3.8, 4) is 5.75 Å². The second kappa shape index (κ2) is 8.30. The summed E-state index contributed by atoms with van der Waals surface area (Å²) in [5.74, 6) is 0.922. The van der Waals surface area contributed by atoms with Gasteiger partial charge in [-0.3, -0.25) is 0 Å². The first-order chi connectivity index (χ1) is 14.9. The molecule has 0 aliphatic carbocycles. The third-order valence-corrected chi connectivity index (χ3v) is 5.48. The predicted octanol–water partition coefficient (Wildman–Crippen LogP) is 7.18. The molecule has 0 amide bonds. The van der Waals surface area contributed by atoms with Crippen molar-refractivity contribution < 1.29 is 4.74 Å². The maximum atomic E-state index is 6.27. The molecule has 5 aromatic rings. The molecule has 2 nitrogen and oxygen atoms in total. The zero-order chi connectivity index (χ0) is 20.2. The Labute approximate surface area is 176 Å². The minimum absolute atomic E-state index is 0.556. The van der Waals surface area contributed by atoms with Crippen LogP contribution < -0.4 is 10.1 Å². The summed E-state index contributed by atoms with van der Waals surface area (Å²) in [6.07, 6.45) is 0. The second-order valence-corrected chi connectivity index (χ2v) is 7.42. The average molecular weight is 389 g/mol. The number of benzene rings is 5. The molecule has 5 aromatic carbocycles. The molecular formula is C28H23NO. The van der Waals surface area contributed by atoms with E-state index < -0.39 is 0 Å². The fraction of sp³-hybridized carbons (Fsp3) is 0.0714. The maximum Gasteiger partial charge on any atom is 0.125 e. The second-order valence-electron chi connectivity index (χ2n) is 7.42. The molecule has 0 fully saturated rings. The van der Waals surface area contributed by atoms with Crippen LogP contribution in [-0.2, 0) is 13.2 Å². The standard InChI is InChI=1S/C28H23NO/c1-2-9-21(10-3-1)20-30-28-18-17-23-12-4-6-14-24(23)26(28)19-29-27-16-8-13-22-11-5-7-15-25(22)27/h1-18,29H,19-20H2. The van der Waals surface area contributed by atoms with E-state index in [4.69, 9.17) is 4.74 Å². The van der Waals surface area contributed by atoms with Gasteiger partial charge >= 0.3 is 0 Å². The first-order valence-electron chi connectivity index (χ1n) is 10.3. The topological polar surface area (TPSA) is 21.3 Å². The van der Waals surface area contributed by atoms with Gasteiger partial charge in [0.1, 0.15) is 12.4 Å². The van der Waals surface area contributed by atoms with Crippen molar-refractivity contribution in [3.05, 3.63) is 120 Å². The summed E-state index contributed by atoms with van der Waals surface area (Å²) >= 11 is 0. The zero-order valence-corrected chi connectivity index (χ0v) is 16.7. The highest BCUT2D eigenvalue weighted by molar-refractivity contribution is 5.94. The van der Waals surface area contributed by atoms with Crippen molar-refractivity contribution in [1.29, 1.82) is 0 Å². The van der Waals surface area contributed by atoms with E-state index >= 15 is 0 Å². The quantitative estimate of drug-likeness (QED) is 0.332. The summed E-state index contributed by atoms with van der Waals surface area (Å²) in [5, 5.41) is 8.56. The van der Waals surface area contributed by atoms with E-state index in [1.54, 1.807) is 0 Å². The minimum atomic E-state index is 0.556. The van der Waals surface area contributed by atoms with E-state index in [2.05, 4.69) is 96.3 Å². The molecule has 5 rings (SSSR count). The number of nitrogens with one attached hydrogen (secondary N) is 1. The van der Waals surface area contributed by atoms with E-state index in [1.165, 1.54) is 32.7 Å². The van der Waals surface area contributed by atoms with E-state index in [0.717, 1.165) is 11.4 Å². The fourth-order valence-electron chi connectivity index (χ4n) is 3.93. The van der Waals surface area contributed by atoms with E-state index in [9.17, 15) is 0 Å². The molecular weight excluding hydrogens is 366 g/mol. The molecule has 0 atom stereocenters. The Hall–Kier alpha value is -3.78. The van der Waals surface area contributed by atoms with Gasteiger partial charge < -0.3 is 10.1 Å².